The van der Waals surface area contributed by atoms with Crippen molar-refractivity contribution in [2.45, 2.75) is 38.3 Å². The summed E-state index contributed by atoms with van der Waals surface area (Å²) in [5, 5.41) is 0. The Balaban J connectivity index is 2.43. The molecule has 1 aliphatic rings. The van der Waals surface area contributed by atoms with Crippen molar-refractivity contribution < 1.29 is 23.1 Å². The second-order valence-corrected chi connectivity index (χ2v) is 7.34. The van der Waals surface area contributed by atoms with Gasteiger partial charge in [0.15, 0.2) is 5.66 Å². The summed E-state index contributed by atoms with van der Waals surface area (Å²) in [6.07, 6.45) is 1.59. The third-order valence-corrected chi connectivity index (χ3v) is 6.45. The van der Waals surface area contributed by atoms with Crippen LogP contribution in [0.5, 0.6) is 0 Å². The number of benzene rings is 1. The van der Waals surface area contributed by atoms with Crippen molar-refractivity contribution >= 4 is 13.6 Å². The number of esters is 1. The molecule has 0 heterocycles. The number of carbonyl (C=O) groups excluding carboxylic acids is 1. The third-order valence-electron chi connectivity index (χ3n) is 3.96. The monoisotopic (exact) mass is 326 g/mol. The number of ether oxygens (including phenoxy) is 1. The molecule has 0 bridgehead atoms. The molecule has 6 heteroatoms. The summed E-state index contributed by atoms with van der Waals surface area (Å²) >= 11 is 0. The minimum Gasteiger partial charge on any atom is -0.468 e. The Kier molecular flexibility index (Phi) is 5.79. The van der Waals surface area contributed by atoms with E-state index in [9.17, 15) is 9.36 Å². The molecule has 22 heavy (non-hydrogen) atoms. The number of carbonyl (C=O) groups is 1. The summed E-state index contributed by atoms with van der Waals surface area (Å²) in [5.74, 6) is -0.737. The van der Waals surface area contributed by atoms with Crippen molar-refractivity contribution in [1.29, 1.82) is 0 Å². The average molecular weight is 326 g/mol. The van der Waals surface area contributed by atoms with E-state index in [0.717, 1.165) is 18.4 Å². The van der Waals surface area contributed by atoms with Crippen molar-refractivity contribution in [3.63, 3.8) is 0 Å². The lowest BCUT2D eigenvalue weighted by Gasteiger charge is -2.29. The molecular weight excluding hydrogens is 303 g/mol. The standard InChI is InChI=1S/C16H23O5P/c1-4-20-22(18,21-5-2)15(16(17)19-3)14-11-10-12-8-6-7-9-13(12)14/h6-9,14-15H,4-5,10-11H2,1-3H3. The highest BCUT2D eigenvalue weighted by molar-refractivity contribution is 7.55. The first-order valence-electron chi connectivity index (χ1n) is 7.61. The molecule has 0 fully saturated rings. The van der Waals surface area contributed by atoms with Crippen LogP contribution in [0.25, 0.3) is 0 Å². The zero-order chi connectivity index (χ0) is 16.2. The molecule has 0 radical (unpaired) electrons. The van der Waals surface area contributed by atoms with E-state index in [1.165, 1.54) is 12.7 Å². The van der Waals surface area contributed by atoms with Crippen molar-refractivity contribution in [3.8, 4) is 0 Å². The summed E-state index contributed by atoms with van der Waals surface area (Å²) in [7, 11) is -2.28. The van der Waals surface area contributed by atoms with Crippen LogP contribution >= 0.6 is 7.60 Å². The molecule has 0 amide bonds. The van der Waals surface area contributed by atoms with Gasteiger partial charge in [-0.15, -0.1) is 0 Å². The van der Waals surface area contributed by atoms with E-state index in [4.69, 9.17) is 13.8 Å². The van der Waals surface area contributed by atoms with Crippen molar-refractivity contribution in [2.75, 3.05) is 20.3 Å². The van der Waals surface area contributed by atoms with Crippen LogP contribution in [-0.2, 0) is 29.6 Å². The van der Waals surface area contributed by atoms with Gasteiger partial charge in [0.05, 0.1) is 20.3 Å². The SMILES string of the molecule is CCOP(=O)(OCC)C(C(=O)OC)C1CCc2ccccc21. The zero-order valence-electron chi connectivity index (χ0n) is 13.3. The lowest BCUT2D eigenvalue weighted by Crippen LogP contribution is -2.30. The normalized spacial score (nSPS) is 18.8. The van der Waals surface area contributed by atoms with E-state index < -0.39 is 19.2 Å². The van der Waals surface area contributed by atoms with Gasteiger partial charge in [0.25, 0.3) is 0 Å². The van der Waals surface area contributed by atoms with Crippen LogP contribution in [0.2, 0.25) is 0 Å². The van der Waals surface area contributed by atoms with Gasteiger partial charge in [-0.3, -0.25) is 9.36 Å². The smallest absolute Gasteiger partial charge is 0.345 e. The molecule has 1 aromatic carbocycles. The third kappa shape index (κ3) is 3.27. The van der Waals surface area contributed by atoms with Gasteiger partial charge in [-0.05, 0) is 37.8 Å². The predicted molar refractivity (Wildman–Crippen MR) is 84.2 cm³/mol. The molecule has 2 unspecified atom stereocenters. The first-order chi connectivity index (χ1) is 10.6. The number of methoxy groups -OCH3 is 1. The molecule has 2 atom stereocenters. The van der Waals surface area contributed by atoms with Crippen LogP contribution in [0.3, 0.4) is 0 Å². The summed E-state index contributed by atoms with van der Waals surface area (Å²) in [5.41, 5.74) is 1.31. The maximum atomic E-state index is 13.2. The van der Waals surface area contributed by atoms with Gasteiger partial charge in [-0.25, -0.2) is 0 Å². The Morgan fingerprint density at radius 1 is 1.27 bits per heavy atom. The van der Waals surface area contributed by atoms with E-state index in [1.54, 1.807) is 13.8 Å². The van der Waals surface area contributed by atoms with Crippen LogP contribution < -0.4 is 0 Å². The largest absolute Gasteiger partial charge is 0.468 e. The molecule has 1 aromatic rings. The van der Waals surface area contributed by atoms with Gasteiger partial charge >= 0.3 is 13.6 Å². The topological polar surface area (TPSA) is 61.8 Å². The molecule has 5 nitrogen and oxygen atoms in total. The molecule has 2 rings (SSSR count). The first-order valence-corrected chi connectivity index (χ1v) is 9.23. The van der Waals surface area contributed by atoms with Crippen molar-refractivity contribution in [3.05, 3.63) is 35.4 Å². The number of hydrogen-bond acceptors (Lipinski definition) is 5. The second-order valence-electron chi connectivity index (χ2n) is 5.19. The quantitative estimate of drug-likeness (QED) is 0.567. The number of fused-ring (bicyclic) bond motifs is 1. The zero-order valence-corrected chi connectivity index (χ0v) is 14.2. The van der Waals surface area contributed by atoms with Crippen LogP contribution in [0.4, 0.5) is 0 Å². The highest BCUT2D eigenvalue weighted by atomic mass is 31.2. The van der Waals surface area contributed by atoms with Crippen LogP contribution in [-0.4, -0.2) is 32.0 Å². The van der Waals surface area contributed by atoms with E-state index in [2.05, 4.69) is 0 Å². The highest BCUT2D eigenvalue weighted by Gasteiger charge is 2.49. The fraction of sp³-hybridized carbons (Fsp3) is 0.562. The fourth-order valence-electron chi connectivity index (χ4n) is 3.11. The predicted octanol–water partition coefficient (Wildman–Crippen LogP) is 3.52. The molecule has 0 N–H and O–H groups in total. The summed E-state index contributed by atoms with van der Waals surface area (Å²) in [6.45, 7) is 3.92. The summed E-state index contributed by atoms with van der Waals surface area (Å²) < 4.78 is 28.9. The first kappa shape index (κ1) is 17.2. The molecule has 1 aliphatic carbocycles. The van der Waals surface area contributed by atoms with Gasteiger partial charge < -0.3 is 13.8 Å². The Morgan fingerprint density at radius 2 is 1.91 bits per heavy atom. The highest BCUT2D eigenvalue weighted by Crippen LogP contribution is 2.59. The van der Waals surface area contributed by atoms with Crippen LogP contribution in [0.15, 0.2) is 24.3 Å². The maximum Gasteiger partial charge on any atom is 0.345 e. The Hall–Kier alpha value is -1.16. The Bertz CT molecular complexity index is 561. The fourth-order valence-corrected chi connectivity index (χ4v) is 5.34. The molecule has 0 aliphatic heterocycles. The van der Waals surface area contributed by atoms with E-state index >= 15 is 0 Å². The molecule has 0 saturated carbocycles. The molecular formula is C16H23O5P. The van der Waals surface area contributed by atoms with Crippen molar-refractivity contribution in [2.24, 2.45) is 0 Å². The van der Waals surface area contributed by atoms with Gasteiger partial charge in [0, 0.05) is 5.92 Å². The molecule has 122 valence electrons. The van der Waals surface area contributed by atoms with Crippen LogP contribution in [0, 0.1) is 0 Å². The number of rotatable bonds is 7. The molecule has 0 aromatic heterocycles. The minimum atomic E-state index is -3.58. The van der Waals surface area contributed by atoms with Gasteiger partial charge in [-0.1, -0.05) is 24.3 Å². The molecule has 0 spiro atoms. The van der Waals surface area contributed by atoms with Crippen LogP contribution in [0.1, 0.15) is 37.3 Å². The summed E-state index contributed by atoms with van der Waals surface area (Å²) in [4.78, 5) is 12.4. The minimum absolute atomic E-state index is 0.201. The van der Waals surface area contributed by atoms with E-state index in [1.807, 2.05) is 24.3 Å². The second kappa shape index (κ2) is 7.40. The Morgan fingerprint density at radius 3 is 2.50 bits per heavy atom. The van der Waals surface area contributed by atoms with Gasteiger partial charge in [-0.2, -0.15) is 0 Å². The number of aryl methyl sites for hydroxylation is 1. The van der Waals surface area contributed by atoms with E-state index in [-0.39, 0.29) is 19.1 Å². The van der Waals surface area contributed by atoms with E-state index in [0.29, 0.717) is 0 Å². The molecule has 0 saturated heterocycles. The Labute approximate surface area is 131 Å². The van der Waals surface area contributed by atoms with Crippen molar-refractivity contribution in [1.82, 2.24) is 0 Å². The average Bonchev–Trinajstić information content (AvgIpc) is 2.91. The summed E-state index contributed by atoms with van der Waals surface area (Å²) in [6, 6.07) is 7.91. The van der Waals surface area contributed by atoms with Gasteiger partial charge in [0.2, 0.25) is 0 Å². The lowest BCUT2D eigenvalue weighted by atomic mass is 9.97. The number of hydrogen-bond donors (Lipinski definition) is 0. The van der Waals surface area contributed by atoms with Gasteiger partial charge in [0.1, 0.15) is 0 Å². The lowest BCUT2D eigenvalue weighted by molar-refractivity contribution is -0.141. The maximum absolute atomic E-state index is 13.2.